The van der Waals surface area contributed by atoms with Crippen LogP contribution in [0.25, 0.3) is 0 Å². The largest absolute Gasteiger partial charge is 0.356 e. The van der Waals surface area contributed by atoms with E-state index in [9.17, 15) is 4.79 Å². The maximum absolute atomic E-state index is 11.8. The molecule has 0 aliphatic carbocycles. The number of amides is 1. The van der Waals surface area contributed by atoms with Crippen LogP contribution in [0.1, 0.15) is 24.8 Å². The van der Waals surface area contributed by atoms with Crippen molar-refractivity contribution in [1.82, 2.24) is 10.6 Å². The second-order valence-corrected chi connectivity index (χ2v) is 5.67. The summed E-state index contributed by atoms with van der Waals surface area (Å²) in [4.78, 5) is 11.8. The minimum Gasteiger partial charge on any atom is -0.356 e. The Morgan fingerprint density at radius 3 is 2.89 bits per heavy atom. The van der Waals surface area contributed by atoms with Gasteiger partial charge in [-0.25, -0.2) is 0 Å². The molecule has 1 aromatic rings. The third kappa shape index (κ3) is 4.68. The van der Waals surface area contributed by atoms with Crippen LogP contribution in [-0.2, 0) is 11.2 Å². The van der Waals surface area contributed by atoms with Crippen LogP contribution in [0.4, 0.5) is 0 Å². The Morgan fingerprint density at radius 2 is 2.21 bits per heavy atom. The van der Waals surface area contributed by atoms with Gasteiger partial charge in [0, 0.05) is 12.6 Å². The fourth-order valence-corrected chi connectivity index (χ4v) is 2.61. The summed E-state index contributed by atoms with van der Waals surface area (Å²) >= 11 is 11.7. The van der Waals surface area contributed by atoms with Crippen LogP contribution >= 0.6 is 23.2 Å². The predicted molar refractivity (Wildman–Crippen MR) is 78.8 cm³/mol. The fourth-order valence-electron chi connectivity index (χ4n) is 2.29. The van der Waals surface area contributed by atoms with Gasteiger partial charge in [0.1, 0.15) is 0 Å². The van der Waals surface area contributed by atoms with Crippen molar-refractivity contribution in [3.63, 3.8) is 0 Å². The minimum atomic E-state index is 0.0244. The first-order chi connectivity index (χ1) is 9.15. The number of carbonyl (C=O) groups excluding carboxylic acids is 1. The quantitative estimate of drug-likeness (QED) is 0.878. The molecule has 1 fully saturated rings. The average Bonchev–Trinajstić information content (AvgIpc) is 2.87. The molecule has 1 amide bonds. The van der Waals surface area contributed by atoms with Crippen molar-refractivity contribution in [2.75, 3.05) is 13.1 Å². The molecule has 2 N–H and O–H groups in total. The van der Waals surface area contributed by atoms with Gasteiger partial charge < -0.3 is 10.6 Å². The van der Waals surface area contributed by atoms with Gasteiger partial charge in [-0.2, -0.15) is 0 Å². The molecule has 104 valence electrons. The summed E-state index contributed by atoms with van der Waals surface area (Å²) in [5, 5.41) is 7.35. The predicted octanol–water partition coefficient (Wildman–Crippen LogP) is 2.79. The van der Waals surface area contributed by atoms with Crippen molar-refractivity contribution in [3.05, 3.63) is 33.8 Å². The Kier molecular flexibility index (Phi) is 5.49. The minimum absolute atomic E-state index is 0.0244. The van der Waals surface area contributed by atoms with Gasteiger partial charge in [-0.15, -0.1) is 0 Å². The molecule has 1 aliphatic rings. The van der Waals surface area contributed by atoms with E-state index in [0.29, 0.717) is 22.5 Å². The van der Waals surface area contributed by atoms with E-state index in [-0.39, 0.29) is 5.91 Å². The zero-order valence-corrected chi connectivity index (χ0v) is 12.2. The number of benzene rings is 1. The van der Waals surface area contributed by atoms with E-state index in [1.807, 2.05) is 6.07 Å². The van der Waals surface area contributed by atoms with Crippen LogP contribution in [-0.4, -0.2) is 25.0 Å². The highest BCUT2D eigenvalue weighted by Crippen LogP contribution is 2.22. The van der Waals surface area contributed by atoms with Gasteiger partial charge in [0.05, 0.1) is 16.5 Å². The molecule has 1 saturated heterocycles. The maximum Gasteiger partial charge on any atom is 0.224 e. The SMILES string of the molecule is O=C(Cc1ccc(Cl)c(Cl)c1)NCC[C@H]1CCCN1. The third-order valence-electron chi connectivity index (χ3n) is 3.33. The Morgan fingerprint density at radius 1 is 1.37 bits per heavy atom. The van der Waals surface area contributed by atoms with Crippen molar-refractivity contribution in [2.45, 2.75) is 31.7 Å². The lowest BCUT2D eigenvalue weighted by molar-refractivity contribution is -0.120. The van der Waals surface area contributed by atoms with Gasteiger partial charge in [-0.3, -0.25) is 4.79 Å². The number of halogens is 2. The fraction of sp³-hybridized carbons (Fsp3) is 0.500. The third-order valence-corrected chi connectivity index (χ3v) is 4.07. The van der Waals surface area contributed by atoms with E-state index in [0.717, 1.165) is 25.1 Å². The molecule has 0 saturated carbocycles. The summed E-state index contributed by atoms with van der Waals surface area (Å²) in [6.07, 6.45) is 3.78. The van der Waals surface area contributed by atoms with E-state index >= 15 is 0 Å². The van der Waals surface area contributed by atoms with Gasteiger partial charge in [0.25, 0.3) is 0 Å². The van der Waals surface area contributed by atoms with Gasteiger partial charge in [0.2, 0.25) is 5.91 Å². The van der Waals surface area contributed by atoms with Crippen LogP contribution in [0.5, 0.6) is 0 Å². The van der Waals surface area contributed by atoms with Crippen molar-refractivity contribution in [3.8, 4) is 0 Å². The normalized spacial score (nSPS) is 18.5. The summed E-state index contributed by atoms with van der Waals surface area (Å²) in [7, 11) is 0. The van der Waals surface area contributed by atoms with Crippen LogP contribution in [0.15, 0.2) is 18.2 Å². The highest BCUT2D eigenvalue weighted by molar-refractivity contribution is 6.42. The van der Waals surface area contributed by atoms with Crippen LogP contribution < -0.4 is 10.6 Å². The first-order valence-electron chi connectivity index (χ1n) is 6.59. The number of hydrogen-bond donors (Lipinski definition) is 2. The van der Waals surface area contributed by atoms with Gasteiger partial charge in [-0.1, -0.05) is 29.3 Å². The summed E-state index contributed by atoms with van der Waals surface area (Å²) in [5.74, 6) is 0.0244. The Labute approximate surface area is 123 Å². The van der Waals surface area contributed by atoms with Gasteiger partial charge in [-0.05, 0) is 43.5 Å². The first-order valence-corrected chi connectivity index (χ1v) is 7.35. The standard InChI is InChI=1S/C14H18Cl2N2O/c15-12-4-3-10(8-13(12)16)9-14(19)18-7-5-11-2-1-6-17-11/h3-4,8,11,17H,1-2,5-7,9H2,(H,18,19)/t11-/m1/s1. The van der Waals surface area contributed by atoms with Crippen LogP contribution in [0.3, 0.4) is 0 Å². The molecule has 0 aromatic heterocycles. The molecule has 1 aliphatic heterocycles. The van der Waals surface area contributed by atoms with Crippen molar-refractivity contribution < 1.29 is 4.79 Å². The van der Waals surface area contributed by atoms with Crippen molar-refractivity contribution >= 4 is 29.1 Å². The number of carbonyl (C=O) groups is 1. The molecular weight excluding hydrogens is 283 g/mol. The zero-order chi connectivity index (χ0) is 13.7. The lowest BCUT2D eigenvalue weighted by Crippen LogP contribution is -2.31. The summed E-state index contributed by atoms with van der Waals surface area (Å²) in [6, 6.07) is 5.84. The maximum atomic E-state index is 11.8. The molecule has 0 radical (unpaired) electrons. The van der Waals surface area contributed by atoms with Gasteiger partial charge >= 0.3 is 0 Å². The number of hydrogen-bond acceptors (Lipinski definition) is 2. The van der Waals surface area contributed by atoms with E-state index in [4.69, 9.17) is 23.2 Å². The van der Waals surface area contributed by atoms with Crippen LogP contribution in [0.2, 0.25) is 10.0 Å². The molecule has 1 heterocycles. The second kappa shape index (κ2) is 7.13. The van der Waals surface area contributed by atoms with Crippen molar-refractivity contribution in [2.24, 2.45) is 0 Å². The molecule has 0 unspecified atom stereocenters. The Hall–Kier alpha value is -0.770. The summed E-state index contributed by atoms with van der Waals surface area (Å²) in [6.45, 7) is 1.82. The summed E-state index contributed by atoms with van der Waals surface area (Å²) < 4.78 is 0. The molecule has 1 aromatic carbocycles. The van der Waals surface area contributed by atoms with Gasteiger partial charge in [0.15, 0.2) is 0 Å². The highest BCUT2D eigenvalue weighted by Gasteiger charge is 2.13. The van der Waals surface area contributed by atoms with E-state index < -0.39 is 0 Å². The zero-order valence-electron chi connectivity index (χ0n) is 10.7. The molecule has 1 atom stereocenters. The topological polar surface area (TPSA) is 41.1 Å². The first kappa shape index (κ1) is 14.6. The summed E-state index contributed by atoms with van der Waals surface area (Å²) in [5.41, 5.74) is 0.880. The average molecular weight is 301 g/mol. The second-order valence-electron chi connectivity index (χ2n) is 4.86. The molecule has 3 nitrogen and oxygen atoms in total. The monoisotopic (exact) mass is 300 g/mol. The molecule has 0 bridgehead atoms. The highest BCUT2D eigenvalue weighted by atomic mass is 35.5. The molecular formula is C14H18Cl2N2O. The molecule has 5 heteroatoms. The number of nitrogens with one attached hydrogen (secondary N) is 2. The van der Waals surface area contributed by atoms with E-state index in [1.54, 1.807) is 12.1 Å². The van der Waals surface area contributed by atoms with Crippen molar-refractivity contribution in [1.29, 1.82) is 0 Å². The Bertz CT molecular complexity index is 445. The molecule has 0 spiro atoms. The number of rotatable bonds is 5. The molecule has 19 heavy (non-hydrogen) atoms. The lowest BCUT2D eigenvalue weighted by atomic mass is 10.1. The van der Waals surface area contributed by atoms with Crippen LogP contribution in [0, 0.1) is 0 Å². The molecule has 2 rings (SSSR count). The smallest absolute Gasteiger partial charge is 0.224 e. The lowest BCUT2D eigenvalue weighted by Gasteiger charge is -2.11. The Balaban J connectivity index is 1.72. The van der Waals surface area contributed by atoms with E-state index in [2.05, 4.69) is 10.6 Å². The van der Waals surface area contributed by atoms with E-state index in [1.165, 1.54) is 12.8 Å².